The monoisotopic (exact) mass is 790 g/mol. The summed E-state index contributed by atoms with van der Waals surface area (Å²) in [5, 5.41) is 0.937. The molecule has 0 aliphatic heterocycles. The van der Waals surface area contributed by atoms with Crippen molar-refractivity contribution in [2.45, 2.75) is 25.7 Å². The summed E-state index contributed by atoms with van der Waals surface area (Å²) in [6.45, 7) is 3.21. The highest BCUT2D eigenvalue weighted by Crippen LogP contribution is 2.45. The van der Waals surface area contributed by atoms with Crippen LogP contribution >= 0.6 is 0 Å². The number of fused-ring (bicyclic) bond motifs is 4. The molecule has 0 radical (unpaired) electrons. The third-order valence-corrected chi connectivity index (χ3v) is 10.6. The minimum absolute atomic E-state index is 0.177. The summed E-state index contributed by atoms with van der Waals surface area (Å²) < 4.78 is 22.4. The second-order valence-corrected chi connectivity index (χ2v) is 14.4. The van der Waals surface area contributed by atoms with E-state index in [0.29, 0.717) is 55.4 Å². The fourth-order valence-corrected chi connectivity index (χ4v) is 7.91. The lowest BCUT2D eigenvalue weighted by Crippen LogP contribution is -2.17. The molecule has 0 amide bonds. The smallest absolute Gasteiger partial charge is 0.347 e. The minimum Gasteiger partial charge on any atom is -0.408 e. The molecule has 0 saturated heterocycles. The number of aromatic nitrogens is 4. The van der Waals surface area contributed by atoms with Crippen molar-refractivity contribution in [1.29, 1.82) is 0 Å². The summed E-state index contributed by atoms with van der Waals surface area (Å²) in [6, 6.07) is 39.6. The molecule has 290 valence electrons. The van der Waals surface area contributed by atoms with Crippen molar-refractivity contribution in [3.05, 3.63) is 209 Å². The number of aryl methyl sites for hydroxylation is 2. The summed E-state index contributed by atoms with van der Waals surface area (Å²) in [5.74, 6) is -0.602. The predicted octanol–water partition coefficient (Wildman–Crippen LogP) is 8.61. The van der Waals surface area contributed by atoms with Crippen molar-refractivity contribution in [2.75, 3.05) is 0 Å². The number of rotatable bonds is 7. The Morgan fingerprint density at radius 3 is 1.00 bits per heavy atom. The second kappa shape index (κ2) is 14.4. The lowest BCUT2D eigenvalue weighted by molar-refractivity contribution is 0.466. The van der Waals surface area contributed by atoms with Crippen LogP contribution in [0.3, 0.4) is 0 Å². The summed E-state index contributed by atoms with van der Waals surface area (Å²) in [4.78, 5) is 72.6. The number of hydrogen-bond donors (Lipinski definition) is 0. The first-order chi connectivity index (χ1) is 29.2. The van der Waals surface area contributed by atoms with E-state index in [1.165, 1.54) is 0 Å². The molecule has 0 bridgehead atoms. The van der Waals surface area contributed by atoms with Gasteiger partial charge in [-0.25, -0.2) is 39.1 Å². The molecule has 0 aliphatic carbocycles. The Morgan fingerprint density at radius 2 is 0.667 bits per heavy atom. The molecule has 60 heavy (non-hydrogen) atoms. The van der Waals surface area contributed by atoms with Crippen molar-refractivity contribution in [1.82, 2.24) is 19.9 Å². The number of hydrogen-bond acceptors (Lipinski definition) is 12. The molecule has 0 saturated carbocycles. The maximum absolute atomic E-state index is 13.8. The Kier molecular flexibility index (Phi) is 8.67. The van der Waals surface area contributed by atoms with Gasteiger partial charge in [0.15, 0.2) is 11.8 Å². The van der Waals surface area contributed by atoms with Gasteiger partial charge in [-0.3, -0.25) is 0 Å². The van der Waals surface area contributed by atoms with Gasteiger partial charge in [0.1, 0.15) is 0 Å². The average molecular weight is 791 g/mol. The Hall–Kier alpha value is -8.12. The lowest BCUT2D eigenvalue weighted by Gasteiger charge is -2.30. The van der Waals surface area contributed by atoms with E-state index in [1.54, 1.807) is 62.4 Å². The molecule has 0 spiro atoms. The first kappa shape index (κ1) is 36.2. The van der Waals surface area contributed by atoms with Crippen LogP contribution < -0.4 is 22.5 Å². The van der Waals surface area contributed by atoms with Crippen LogP contribution in [0.4, 0.5) is 0 Å². The van der Waals surface area contributed by atoms with E-state index in [-0.39, 0.29) is 45.1 Å². The van der Waals surface area contributed by atoms with Crippen LogP contribution in [0.2, 0.25) is 0 Å². The summed E-state index contributed by atoms with van der Waals surface area (Å²) in [6.07, 6.45) is 0. The van der Waals surface area contributed by atoms with Gasteiger partial charge in [0, 0.05) is 36.8 Å². The quantitative estimate of drug-likeness (QED) is 0.151. The molecule has 0 aliphatic rings. The van der Waals surface area contributed by atoms with Gasteiger partial charge in [0.25, 0.3) is 0 Å². The largest absolute Gasteiger partial charge is 0.408 e. The molecule has 10 rings (SSSR count). The molecule has 4 heterocycles. The van der Waals surface area contributed by atoms with Crippen LogP contribution in [0, 0.1) is 13.8 Å². The van der Waals surface area contributed by atoms with Crippen LogP contribution in [0.25, 0.3) is 66.5 Å². The van der Waals surface area contributed by atoms with E-state index >= 15 is 0 Å². The van der Waals surface area contributed by atoms with Crippen molar-refractivity contribution in [3.63, 3.8) is 0 Å². The van der Waals surface area contributed by atoms with E-state index in [4.69, 9.17) is 27.6 Å². The van der Waals surface area contributed by atoms with E-state index in [2.05, 4.69) is 9.97 Å². The molecular weight excluding hydrogens is 761 g/mol. The van der Waals surface area contributed by atoms with Gasteiger partial charge in [-0.15, -0.1) is 0 Å². The topological polar surface area (TPSA) is 172 Å². The van der Waals surface area contributed by atoms with E-state index in [9.17, 15) is 19.2 Å². The van der Waals surface area contributed by atoms with Crippen LogP contribution in [0.1, 0.15) is 45.9 Å². The van der Waals surface area contributed by atoms with Gasteiger partial charge >= 0.3 is 22.5 Å². The minimum atomic E-state index is -0.703. The zero-order valence-electron chi connectivity index (χ0n) is 31.9. The number of nitrogens with zero attached hydrogens (tertiary/aromatic N) is 4. The van der Waals surface area contributed by atoms with E-state index < -0.39 is 34.3 Å². The first-order valence-corrected chi connectivity index (χ1v) is 19.0. The summed E-state index contributed by atoms with van der Waals surface area (Å²) in [7, 11) is 0. The zero-order chi connectivity index (χ0) is 41.1. The van der Waals surface area contributed by atoms with Crippen molar-refractivity contribution >= 4 is 43.6 Å². The summed E-state index contributed by atoms with van der Waals surface area (Å²) >= 11 is 0. The first-order valence-electron chi connectivity index (χ1n) is 19.0. The molecule has 0 fully saturated rings. The standard InChI is InChI=1S/C48H30N4O8/c1-25-49-37-17-13-29(21-33(37)45(53)57-25)41(30-14-18-38-34(22-30)46(54)58-26(2)50-38)42(31-15-19-39-35(23-31)47(55)59-43(51-39)27-9-5-3-6-10-27)32-16-20-40-36(24-32)48(56)60-44(52-40)28-11-7-4-8-12-28/h3-24,41-42H,1-2H3. The number of benzene rings is 6. The zero-order valence-corrected chi connectivity index (χ0v) is 31.9. The molecule has 10 aromatic rings. The Labute approximate surface area is 338 Å². The highest BCUT2D eigenvalue weighted by atomic mass is 16.4. The lowest BCUT2D eigenvalue weighted by atomic mass is 9.73. The molecule has 12 heteroatoms. The molecule has 0 unspecified atom stereocenters. The van der Waals surface area contributed by atoms with Gasteiger partial charge in [0.05, 0.1) is 43.6 Å². The second-order valence-electron chi connectivity index (χ2n) is 14.4. The van der Waals surface area contributed by atoms with Crippen molar-refractivity contribution in [2.24, 2.45) is 0 Å². The van der Waals surface area contributed by atoms with E-state index in [1.807, 2.05) is 84.9 Å². The highest BCUT2D eigenvalue weighted by Gasteiger charge is 2.31. The van der Waals surface area contributed by atoms with Crippen LogP contribution in [0.15, 0.2) is 170 Å². The van der Waals surface area contributed by atoms with Gasteiger partial charge in [0.2, 0.25) is 11.8 Å². The maximum atomic E-state index is 13.8. The normalized spacial score (nSPS) is 11.7. The average Bonchev–Trinajstić information content (AvgIpc) is 3.26. The van der Waals surface area contributed by atoms with Gasteiger partial charge in [-0.05, 0) is 95.1 Å². The Morgan fingerprint density at radius 1 is 0.367 bits per heavy atom. The molecule has 4 aromatic heterocycles. The van der Waals surface area contributed by atoms with Crippen LogP contribution in [-0.4, -0.2) is 19.9 Å². The third kappa shape index (κ3) is 6.45. The molecule has 12 nitrogen and oxygen atoms in total. The SMILES string of the molecule is Cc1nc2ccc(C(c3ccc4nc(C)oc(=O)c4c3)C(c3ccc4nc(-c5ccccc5)oc(=O)c4c3)c3ccc4nc(-c5ccccc5)oc(=O)c4c3)cc2c(=O)o1. The third-order valence-electron chi connectivity index (χ3n) is 10.6. The maximum Gasteiger partial charge on any atom is 0.347 e. The van der Waals surface area contributed by atoms with Crippen LogP contribution in [0.5, 0.6) is 0 Å². The molecule has 0 atom stereocenters. The van der Waals surface area contributed by atoms with Crippen LogP contribution in [-0.2, 0) is 0 Å². The van der Waals surface area contributed by atoms with Crippen molar-refractivity contribution in [3.8, 4) is 22.9 Å². The molecular formula is C48H30N4O8. The summed E-state index contributed by atoms with van der Waals surface area (Å²) in [5.41, 5.74) is 3.22. The van der Waals surface area contributed by atoms with Gasteiger partial charge < -0.3 is 17.7 Å². The molecule has 0 N–H and O–H groups in total. The fraction of sp³-hybridized carbons (Fsp3) is 0.0833. The molecule has 6 aromatic carbocycles. The Balaban J connectivity index is 1.25. The van der Waals surface area contributed by atoms with Gasteiger partial charge in [-0.1, -0.05) is 60.7 Å². The van der Waals surface area contributed by atoms with Gasteiger partial charge in [-0.2, -0.15) is 0 Å². The fourth-order valence-electron chi connectivity index (χ4n) is 7.91. The Bertz CT molecular complexity index is 3340. The highest BCUT2D eigenvalue weighted by molar-refractivity contribution is 5.83. The van der Waals surface area contributed by atoms with E-state index in [0.717, 1.165) is 0 Å². The predicted molar refractivity (Wildman–Crippen MR) is 225 cm³/mol. The van der Waals surface area contributed by atoms with Crippen molar-refractivity contribution < 1.29 is 17.7 Å².